The Bertz CT molecular complexity index is 2470. The predicted octanol–water partition coefficient (Wildman–Crippen LogP) is 9.76. The number of amides is 1. The maximum atomic E-state index is 13.5. The highest BCUT2D eigenvalue weighted by Crippen LogP contribution is 2.31. The maximum absolute atomic E-state index is 13.5. The zero-order valence-electron chi connectivity index (χ0n) is 37.6. The van der Waals surface area contributed by atoms with Gasteiger partial charge >= 0.3 is 5.97 Å². The van der Waals surface area contributed by atoms with Crippen LogP contribution in [0, 0.1) is 10.1 Å². The molecule has 16 heteroatoms. The van der Waals surface area contributed by atoms with E-state index in [0.717, 1.165) is 93.7 Å². The summed E-state index contributed by atoms with van der Waals surface area (Å²) in [5.41, 5.74) is 4.38. The van der Waals surface area contributed by atoms with Crippen LogP contribution in [-0.2, 0) is 26.1 Å². The number of anilines is 2. The van der Waals surface area contributed by atoms with Gasteiger partial charge in [0.25, 0.3) is 21.6 Å². The Morgan fingerprint density at radius 3 is 2.27 bits per heavy atom. The molecule has 1 amide bonds. The predicted molar refractivity (Wildman–Crippen MR) is 265 cm³/mol. The lowest BCUT2D eigenvalue weighted by Crippen LogP contribution is -2.46. The third kappa shape index (κ3) is 15.0. The molecule has 1 atom stereocenters. The van der Waals surface area contributed by atoms with E-state index in [0.29, 0.717) is 30.2 Å². The number of unbranched alkanes of at least 4 members (excludes halogenated alkanes) is 3. The minimum Gasteiger partial charge on any atom is -0.466 e. The highest BCUT2D eigenvalue weighted by molar-refractivity contribution is 7.99. The van der Waals surface area contributed by atoms with Crippen molar-refractivity contribution in [1.29, 1.82) is 0 Å². The van der Waals surface area contributed by atoms with E-state index in [1.165, 1.54) is 23.3 Å². The second kappa shape index (κ2) is 24.9. The SMILES string of the molecule is CCOC(=O)CCCCCCN(C)CC[C@H](CSc1ccccc1)Nc1ccc(S(=O)(=O)NC(=O)c2ccc(N3CCN(Cc4ccccc4-c4ccc(Cl)cc4)CC3)cc2)cc1[N+](=O)[O-]. The first-order valence-corrected chi connectivity index (χ1v) is 25.3. The fraction of sp³-hybridized carbons (Fsp3) is 0.360. The summed E-state index contributed by atoms with van der Waals surface area (Å²) in [6.45, 7) is 7.81. The van der Waals surface area contributed by atoms with Gasteiger partial charge in [0.05, 0.1) is 16.4 Å². The molecule has 0 radical (unpaired) electrons. The Morgan fingerprint density at radius 2 is 1.56 bits per heavy atom. The zero-order valence-corrected chi connectivity index (χ0v) is 40.0. The number of hydrogen-bond acceptors (Lipinski definition) is 12. The fourth-order valence-electron chi connectivity index (χ4n) is 7.85. The van der Waals surface area contributed by atoms with Crippen LogP contribution in [0.2, 0.25) is 5.02 Å². The number of thioether (sulfide) groups is 1. The summed E-state index contributed by atoms with van der Waals surface area (Å²) >= 11 is 7.76. The van der Waals surface area contributed by atoms with Gasteiger partial charge in [-0.15, -0.1) is 11.8 Å². The molecule has 0 bridgehead atoms. The van der Waals surface area contributed by atoms with E-state index in [2.05, 4.69) is 42.9 Å². The van der Waals surface area contributed by atoms with Crippen molar-refractivity contribution < 1.29 is 27.7 Å². The van der Waals surface area contributed by atoms with Crippen molar-refractivity contribution in [2.24, 2.45) is 0 Å². The molecule has 0 spiro atoms. The van der Waals surface area contributed by atoms with Crippen molar-refractivity contribution in [3.8, 4) is 11.1 Å². The molecule has 350 valence electrons. The van der Waals surface area contributed by atoms with Crippen LogP contribution in [0.5, 0.6) is 0 Å². The largest absolute Gasteiger partial charge is 0.466 e. The number of hydrogen-bond donors (Lipinski definition) is 2. The molecule has 66 heavy (non-hydrogen) atoms. The molecule has 0 aromatic heterocycles. The number of esters is 1. The van der Waals surface area contributed by atoms with E-state index in [1.54, 1.807) is 43.0 Å². The third-order valence-electron chi connectivity index (χ3n) is 11.5. The molecule has 0 saturated carbocycles. The average molecular weight is 956 g/mol. The van der Waals surface area contributed by atoms with Gasteiger partial charge in [-0.1, -0.05) is 79.0 Å². The number of benzene rings is 5. The molecule has 1 saturated heterocycles. The monoisotopic (exact) mass is 954 g/mol. The molecule has 1 fully saturated rings. The third-order valence-corrected chi connectivity index (χ3v) is 14.3. The summed E-state index contributed by atoms with van der Waals surface area (Å²) in [5.74, 6) is -0.391. The van der Waals surface area contributed by atoms with Crippen LogP contribution >= 0.6 is 23.4 Å². The first-order chi connectivity index (χ1) is 31.9. The van der Waals surface area contributed by atoms with Crippen LogP contribution in [0.1, 0.15) is 61.4 Å². The Labute approximate surface area is 398 Å². The highest BCUT2D eigenvalue weighted by atomic mass is 35.5. The van der Waals surface area contributed by atoms with Gasteiger partial charge < -0.3 is 19.9 Å². The Balaban J connectivity index is 1.03. The first kappa shape index (κ1) is 50.0. The molecular weight excluding hydrogens is 896 g/mol. The first-order valence-electron chi connectivity index (χ1n) is 22.4. The molecule has 13 nitrogen and oxygen atoms in total. The molecule has 5 aromatic rings. The molecule has 5 aromatic carbocycles. The van der Waals surface area contributed by atoms with E-state index in [4.69, 9.17) is 16.3 Å². The van der Waals surface area contributed by atoms with Crippen molar-refractivity contribution in [1.82, 2.24) is 14.5 Å². The van der Waals surface area contributed by atoms with Crippen molar-refractivity contribution in [2.45, 2.75) is 67.8 Å². The Morgan fingerprint density at radius 1 is 0.864 bits per heavy atom. The number of rotatable bonds is 24. The van der Waals surface area contributed by atoms with E-state index >= 15 is 0 Å². The molecule has 1 heterocycles. The minimum atomic E-state index is -4.47. The lowest BCUT2D eigenvalue weighted by Gasteiger charge is -2.36. The molecule has 6 rings (SSSR count). The number of carbonyl (C=O) groups is 2. The van der Waals surface area contributed by atoms with Crippen LogP contribution in [0.15, 0.2) is 131 Å². The molecule has 0 unspecified atom stereocenters. The molecule has 1 aliphatic heterocycles. The summed E-state index contributed by atoms with van der Waals surface area (Å²) in [7, 11) is -2.43. The summed E-state index contributed by atoms with van der Waals surface area (Å²) in [4.78, 5) is 44.2. The lowest BCUT2D eigenvalue weighted by molar-refractivity contribution is -0.384. The van der Waals surface area contributed by atoms with Gasteiger partial charge in [0, 0.05) is 78.2 Å². The van der Waals surface area contributed by atoms with Crippen LogP contribution in [-0.4, -0.2) is 99.7 Å². The maximum Gasteiger partial charge on any atom is 0.305 e. The smallest absolute Gasteiger partial charge is 0.305 e. The average Bonchev–Trinajstić information content (AvgIpc) is 3.32. The summed E-state index contributed by atoms with van der Waals surface area (Å²) in [6.07, 6.45) is 4.81. The van der Waals surface area contributed by atoms with Crippen LogP contribution in [0.25, 0.3) is 11.1 Å². The van der Waals surface area contributed by atoms with Gasteiger partial charge in [-0.2, -0.15) is 0 Å². The van der Waals surface area contributed by atoms with Crippen molar-refractivity contribution in [3.05, 3.63) is 148 Å². The van der Waals surface area contributed by atoms with E-state index in [1.807, 2.05) is 67.7 Å². The second-order valence-corrected chi connectivity index (χ2v) is 19.6. The van der Waals surface area contributed by atoms with Crippen LogP contribution in [0.4, 0.5) is 17.1 Å². The van der Waals surface area contributed by atoms with Crippen molar-refractivity contribution in [2.75, 3.05) is 68.9 Å². The quantitative estimate of drug-likeness (QED) is 0.0199. The standard InChI is InChI=1S/C50H59ClN6O7S2/c1-3-64-49(58)17-9-4-5-12-29-54(2)30-28-42(37-65-44-14-7-6-8-15-44)52-47-27-26-45(35-48(47)57(60)61)66(62,63)53-50(59)39-20-24-43(25-21-39)56-33-31-55(32-34-56)36-40-13-10-11-16-46(40)38-18-22-41(51)23-19-38/h6-8,10-11,13-16,18-27,35,42,52H,3-5,9,12,17,28-34,36-37H2,1-2H3,(H,53,59)/t42-/m1/s1. The Kier molecular flexibility index (Phi) is 18.9. The normalized spacial score (nSPS) is 13.6. The molecular formula is C50H59ClN6O7S2. The van der Waals surface area contributed by atoms with Gasteiger partial charge in [0.1, 0.15) is 5.69 Å². The number of halogens is 1. The van der Waals surface area contributed by atoms with E-state index in [-0.39, 0.29) is 23.3 Å². The van der Waals surface area contributed by atoms with Crippen molar-refractivity contribution in [3.63, 3.8) is 0 Å². The van der Waals surface area contributed by atoms with Crippen molar-refractivity contribution >= 4 is 62.3 Å². The number of nitrogens with zero attached hydrogens (tertiary/aromatic N) is 4. The van der Waals surface area contributed by atoms with Gasteiger partial charge in [0.15, 0.2) is 0 Å². The highest BCUT2D eigenvalue weighted by Gasteiger charge is 2.26. The summed E-state index contributed by atoms with van der Waals surface area (Å²) < 4.78 is 34.2. The van der Waals surface area contributed by atoms with Gasteiger partial charge in [-0.05, 0) is 124 Å². The number of ether oxygens (including phenoxy) is 1. The summed E-state index contributed by atoms with van der Waals surface area (Å²) in [6, 6.07) is 36.4. The van der Waals surface area contributed by atoms with Crippen LogP contribution < -0.4 is 14.9 Å². The Hall–Kier alpha value is -5.45. The molecule has 2 N–H and O–H groups in total. The van der Waals surface area contributed by atoms with E-state index in [9.17, 15) is 28.1 Å². The van der Waals surface area contributed by atoms with Gasteiger partial charge in [-0.25, -0.2) is 13.1 Å². The van der Waals surface area contributed by atoms with Crippen LogP contribution in [0.3, 0.4) is 0 Å². The lowest BCUT2D eigenvalue weighted by atomic mass is 9.99. The molecule has 0 aliphatic carbocycles. The number of sulfonamides is 1. The van der Waals surface area contributed by atoms with E-state index < -0.39 is 31.4 Å². The minimum absolute atomic E-state index is 0.144. The summed E-state index contributed by atoms with van der Waals surface area (Å²) in [5, 5.41) is 16.4. The number of nitro benzene ring substituents is 1. The van der Waals surface area contributed by atoms with Gasteiger partial charge in [0.2, 0.25) is 0 Å². The zero-order chi connectivity index (χ0) is 46.9. The number of nitro groups is 1. The number of carbonyl (C=O) groups excluding carboxylic acids is 2. The van der Waals surface area contributed by atoms with Gasteiger partial charge in [-0.3, -0.25) is 24.6 Å². The number of nitrogens with one attached hydrogen (secondary N) is 2. The topological polar surface area (TPSA) is 154 Å². The fourth-order valence-corrected chi connectivity index (χ4v) is 9.96. The second-order valence-electron chi connectivity index (χ2n) is 16.4. The molecule has 1 aliphatic rings. The number of piperazine rings is 1.